The first-order valence-corrected chi connectivity index (χ1v) is 8.48. The van der Waals surface area contributed by atoms with Crippen LogP contribution in [0.2, 0.25) is 0 Å². The number of aromatic nitrogens is 5. The molecule has 0 unspecified atom stereocenters. The minimum Gasteiger partial charge on any atom is -0.358 e. The smallest absolute Gasteiger partial charge is 0.252 e. The van der Waals surface area contributed by atoms with Crippen molar-refractivity contribution in [3.05, 3.63) is 71.8 Å². The van der Waals surface area contributed by atoms with Crippen LogP contribution in [-0.4, -0.2) is 37.2 Å². The van der Waals surface area contributed by atoms with Gasteiger partial charge in [0.1, 0.15) is 24.3 Å². The monoisotopic (exact) mass is 364 g/mol. The molecule has 3 heterocycles. The van der Waals surface area contributed by atoms with Gasteiger partial charge in [-0.05, 0) is 49.2 Å². The molecule has 0 aliphatic heterocycles. The molecule has 27 heavy (non-hydrogen) atoms. The summed E-state index contributed by atoms with van der Waals surface area (Å²) in [5.74, 6) is 0.153. The Hall–Kier alpha value is -3.55. The predicted molar refractivity (Wildman–Crippen MR) is 98.2 cm³/mol. The Kier molecular flexibility index (Phi) is 4.37. The van der Waals surface area contributed by atoms with E-state index in [2.05, 4.69) is 25.5 Å². The molecule has 8 heteroatoms. The highest BCUT2D eigenvalue weighted by atomic mass is 19.1. The maximum Gasteiger partial charge on any atom is 0.252 e. The lowest BCUT2D eigenvalue weighted by Crippen LogP contribution is -2.26. The Labute approximate surface area is 154 Å². The number of benzene rings is 1. The summed E-state index contributed by atoms with van der Waals surface area (Å²) in [4.78, 5) is 19.8. The molecule has 2 N–H and O–H groups in total. The number of nitrogens with zero attached hydrogens (tertiary/aromatic N) is 4. The zero-order chi connectivity index (χ0) is 18.8. The molecular formula is C19H17FN6O. The summed E-state index contributed by atoms with van der Waals surface area (Å²) in [7, 11) is 0. The van der Waals surface area contributed by atoms with Crippen molar-refractivity contribution < 1.29 is 9.18 Å². The maximum absolute atomic E-state index is 13.5. The molecule has 0 fully saturated rings. The van der Waals surface area contributed by atoms with E-state index >= 15 is 0 Å². The molecule has 0 spiro atoms. The zero-order valence-electron chi connectivity index (χ0n) is 14.6. The van der Waals surface area contributed by atoms with Crippen molar-refractivity contribution in [3.63, 3.8) is 0 Å². The maximum atomic E-state index is 13.5. The van der Waals surface area contributed by atoms with E-state index in [1.807, 2.05) is 6.92 Å². The van der Waals surface area contributed by atoms with Crippen LogP contribution in [0.25, 0.3) is 16.7 Å². The van der Waals surface area contributed by atoms with Crippen molar-refractivity contribution >= 4 is 16.8 Å². The fourth-order valence-corrected chi connectivity index (χ4v) is 3.07. The van der Waals surface area contributed by atoms with Crippen molar-refractivity contribution in [1.82, 2.24) is 30.0 Å². The van der Waals surface area contributed by atoms with Gasteiger partial charge in [0, 0.05) is 29.3 Å². The fourth-order valence-electron chi connectivity index (χ4n) is 3.07. The van der Waals surface area contributed by atoms with Crippen LogP contribution in [0.1, 0.15) is 21.6 Å². The lowest BCUT2D eigenvalue weighted by Gasteiger charge is -2.07. The first-order chi connectivity index (χ1) is 13.1. The van der Waals surface area contributed by atoms with E-state index in [-0.39, 0.29) is 11.7 Å². The third-order valence-corrected chi connectivity index (χ3v) is 4.44. The van der Waals surface area contributed by atoms with Gasteiger partial charge < -0.3 is 10.3 Å². The number of hydrogen-bond acceptors (Lipinski definition) is 4. The number of aromatic amines is 1. The number of fused-ring (bicyclic) bond motifs is 1. The number of H-pyrrole nitrogens is 1. The lowest BCUT2D eigenvalue weighted by atomic mass is 10.1. The van der Waals surface area contributed by atoms with E-state index < -0.39 is 0 Å². The summed E-state index contributed by atoms with van der Waals surface area (Å²) in [5.41, 5.74) is 3.34. The molecule has 0 saturated carbocycles. The van der Waals surface area contributed by atoms with Gasteiger partial charge in [-0.1, -0.05) is 0 Å². The molecule has 7 nitrogen and oxygen atoms in total. The topological polar surface area (TPSA) is 88.5 Å². The van der Waals surface area contributed by atoms with E-state index in [9.17, 15) is 9.18 Å². The van der Waals surface area contributed by atoms with Crippen molar-refractivity contribution in [2.24, 2.45) is 0 Å². The minimum atomic E-state index is -0.272. The average molecular weight is 364 g/mol. The highest BCUT2D eigenvalue weighted by Gasteiger charge is 2.11. The van der Waals surface area contributed by atoms with Gasteiger partial charge in [-0.25, -0.2) is 9.37 Å². The SMILES string of the molecule is Cc1[nH]c2ccc(F)cc2c1CCNC(=O)c1ccc(-n2cnnc2)nc1. The van der Waals surface area contributed by atoms with Crippen LogP contribution in [0.4, 0.5) is 4.39 Å². The summed E-state index contributed by atoms with van der Waals surface area (Å²) in [6.45, 7) is 2.39. The number of carbonyl (C=O) groups excluding carboxylic acids is 1. The number of amides is 1. The first-order valence-electron chi connectivity index (χ1n) is 8.48. The lowest BCUT2D eigenvalue weighted by molar-refractivity contribution is 0.0954. The molecule has 4 rings (SSSR count). The van der Waals surface area contributed by atoms with Crippen LogP contribution in [0, 0.1) is 12.7 Å². The fraction of sp³-hybridized carbons (Fsp3) is 0.158. The summed E-state index contributed by atoms with van der Waals surface area (Å²) >= 11 is 0. The summed E-state index contributed by atoms with van der Waals surface area (Å²) in [5, 5.41) is 11.2. The van der Waals surface area contributed by atoms with Crippen LogP contribution in [0.5, 0.6) is 0 Å². The molecule has 1 aromatic carbocycles. The van der Waals surface area contributed by atoms with Crippen molar-refractivity contribution in [3.8, 4) is 5.82 Å². The third-order valence-electron chi connectivity index (χ3n) is 4.44. The van der Waals surface area contributed by atoms with Crippen LogP contribution in [-0.2, 0) is 6.42 Å². The second kappa shape index (κ2) is 6.99. The number of rotatable bonds is 5. The van der Waals surface area contributed by atoms with E-state index in [1.165, 1.54) is 31.0 Å². The van der Waals surface area contributed by atoms with E-state index in [1.54, 1.807) is 22.8 Å². The van der Waals surface area contributed by atoms with Gasteiger partial charge in [-0.15, -0.1) is 10.2 Å². The number of nitrogens with one attached hydrogen (secondary N) is 2. The average Bonchev–Trinajstić information content (AvgIpc) is 3.30. The van der Waals surface area contributed by atoms with Gasteiger partial charge in [0.25, 0.3) is 5.91 Å². The molecule has 0 radical (unpaired) electrons. The molecule has 0 atom stereocenters. The van der Waals surface area contributed by atoms with E-state index in [0.717, 1.165) is 22.2 Å². The summed E-state index contributed by atoms with van der Waals surface area (Å²) in [6.07, 6.45) is 5.19. The van der Waals surface area contributed by atoms with Gasteiger partial charge in [0.15, 0.2) is 0 Å². The number of pyridine rings is 1. The number of hydrogen-bond donors (Lipinski definition) is 2. The molecule has 136 valence electrons. The summed E-state index contributed by atoms with van der Waals surface area (Å²) in [6, 6.07) is 8.10. The third kappa shape index (κ3) is 3.41. The Bertz CT molecular complexity index is 1090. The molecule has 0 bridgehead atoms. The van der Waals surface area contributed by atoms with Crippen molar-refractivity contribution in [2.45, 2.75) is 13.3 Å². The normalized spacial score (nSPS) is 11.0. The Balaban J connectivity index is 1.41. The number of carbonyl (C=O) groups is 1. The largest absolute Gasteiger partial charge is 0.358 e. The van der Waals surface area contributed by atoms with Gasteiger partial charge in [0.2, 0.25) is 0 Å². The molecule has 0 saturated heterocycles. The Morgan fingerprint density at radius 3 is 2.78 bits per heavy atom. The summed E-state index contributed by atoms with van der Waals surface area (Å²) < 4.78 is 15.2. The second-order valence-corrected chi connectivity index (χ2v) is 6.20. The van der Waals surface area contributed by atoms with Gasteiger partial charge >= 0.3 is 0 Å². The molecule has 0 aliphatic carbocycles. The second-order valence-electron chi connectivity index (χ2n) is 6.20. The van der Waals surface area contributed by atoms with Crippen molar-refractivity contribution in [1.29, 1.82) is 0 Å². The molecule has 1 amide bonds. The van der Waals surface area contributed by atoms with Crippen molar-refractivity contribution in [2.75, 3.05) is 6.54 Å². The molecular weight excluding hydrogens is 347 g/mol. The first kappa shape index (κ1) is 16.9. The predicted octanol–water partition coefficient (Wildman–Crippen LogP) is 2.56. The highest BCUT2D eigenvalue weighted by molar-refractivity contribution is 5.94. The highest BCUT2D eigenvalue weighted by Crippen LogP contribution is 2.23. The van der Waals surface area contributed by atoms with Crippen LogP contribution in [0.3, 0.4) is 0 Å². The Morgan fingerprint density at radius 1 is 1.22 bits per heavy atom. The van der Waals surface area contributed by atoms with Gasteiger partial charge in [-0.2, -0.15) is 0 Å². The molecule has 0 aliphatic rings. The van der Waals surface area contributed by atoms with Crippen LogP contribution in [0.15, 0.2) is 49.2 Å². The van der Waals surface area contributed by atoms with Gasteiger partial charge in [-0.3, -0.25) is 9.36 Å². The van der Waals surface area contributed by atoms with E-state index in [4.69, 9.17) is 0 Å². The standard InChI is InChI=1S/C19H17FN6O/c1-12-15(16-8-14(20)3-4-17(16)25-12)6-7-21-19(27)13-2-5-18(22-9-13)26-10-23-24-11-26/h2-5,8-11,25H,6-7H2,1H3,(H,21,27). The molecule has 4 aromatic rings. The minimum absolute atomic E-state index is 0.207. The van der Waals surface area contributed by atoms with Crippen LogP contribution < -0.4 is 5.32 Å². The van der Waals surface area contributed by atoms with E-state index in [0.29, 0.717) is 24.3 Å². The molecule has 3 aromatic heterocycles. The van der Waals surface area contributed by atoms with Crippen LogP contribution >= 0.6 is 0 Å². The number of halogens is 1. The quantitative estimate of drug-likeness (QED) is 0.570. The van der Waals surface area contributed by atoms with Gasteiger partial charge in [0.05, 0.1) is 5.56 Å². The Morgan fingerprint density at radius 2 is 2.04 bits per heavy atom. The zero-order valence-corrected chi connectivity index (χ0v) is 14.6. The number of aryl methyl sites for hydroxylation is 1.